The average molecular weight is 235 g/mol. The first kappa shape index (κ1) is 10.7. The van der Waals surface area contributed by atoms with Crippen molar-refractivity contribution in [2.24, 2.45) is 0 Å². The molecule has 0 spiro atoms. The first-order chi connectivity index (χ1) is 7.33. The molecule has 1 heterocycles. The van der Waals surface area contributed by atoms with E-state index in [9.17, 15) is 0 Å². The van der Waals surface area contributed by atoms with Gasteiger partial charge in [0.05, 0.1) is 6.04 Å². The smallest absolute Gasteiger partial charge is 0.137 e. The number of rotatable bonds is 3. The molecule has 15 heavy (non-hydrogen) atoms. The van der Waals surface area contributed by atoms with Crippen LogP contribution in [0.25, 0.3) is 0 Å². The van der Waals surface area contributed by atoms with Crippen LogP contribution < -0.4 is 0 Å². The molecule has 0 amide bonds. The Kier molecular flexibility index (Phi) is 3.44. The van der Waals surface area contributed by atoms with E-state index in [2.05, 4.69) is 35.7 Å². The SMILES string of the molecule is C=CCN1C(=S)SCC1c1ccccc1. The molecule has 0 aliphatic carbocycles. The molecule has 1 nitrogen and oxygen atoms in total. The minimum Gasteiger partial charge on any atom is -0.346 e. The second kappa shape index (κ2) is 4.81. The number of hydrogen-bond donors (Lipinski definition) is 0. The van der Waals surface area contributed by atoms with Crippen LogP contribution >= 0.6 is 24.0 Å². The zero-order chi connectivity index (χ0) is 10.7. The van der Waals surface area contributed by atoms with Gasteiger partial charge in [0.25, 0.3) is 0 Å². The van der Waals surface area contributed by atoms with Gasteiger partial charge in [0.1, 0.15) is 4.32 Å². The van der Waals surface area contributed by atoms with Crippen LogP contribution in [0, 0.1) is 0 Å². The van der Waals surface area contributed by atoms with Crippen LogP contribution in [0.5, 0.6) is 0 Å². The highest BCUT2D eigenvalue weighted by atomic mass is 32.2. The van der Waals surface area contributed by atoms with Gasteiger partial charge in [-0.05, 0) is 5.56 Å². The summed E-state index contributed by atoms with van der Waals surface area (Å²) < 4.78 is 0.990. The molecule has 0 aromatic heterocycles. The van der Waals surface area contributed by atoms with Gasteiger partial charge in [-0.15, -0.1) is 6.58 Å². The molecular formula is C12H13NS2. The van der Waals surface area contributed by atoms with E-state index < -0.39 is 0 Å². The Morgan fingerprint density at radius 1 is 1.47 bits per heavy atom. The monoisotopic (exact) mass is 235 g/mol. The predicted molar refractivity (Wildman–Crippen MR) is 71.1 cm³/mol. The van der Waals surface area contributed by atoms with E-state index in [4.69, 9.17) is 12.2 Å². The van der Waals surface area contributed by atoms with Crippen molar-refractivity contribution in [1.82, 2.24) is 4.90 Å². The molecule has 2 rings (SSSR count). The first-order valence-corrected chi connectivity index (χ1v) is 6.31. The fourth-order valence-electron chi connectivity index (χ4n) is 1.74. The van der Waals surface area contributed by atoms with E-state index in [1.54, 1.807) is 11.8 Å². The highest BCUT2D eigenvalue weighted by Crippen LogP contribution is 2.34. The van der Waals surface area contributed by atoms with Crippen molar-refractivity contribution >= 4 is 28.3 Å². The Balaban J connectivity index is 2.22. The fourth-order valence-corrected chi connectivity index (χ4v) is 3.19. The van der Waals surface area contributed by atoms with Crippen molar-refractivity contribution in [3.8, 4) is 0 Å². The molecule has 0 bridgehead atoms. The molecule has 1 aliphatic heterocycles. The molecule has 3 heteroatoms. The second-order valence-electron chi connectivity index (χ2n) is 3.44. The molecule has 1 saturated heterocycles. The molecular weight excluding hydrogens is 222 g/mol. The molecule has 1 aromatic rings. The topological polar surface area (TPSA) is 3.24 Å². The lowest BCUT2D eigenvalue weighted by molar-refractivity contribution is 0.398. The van der Waals surface area contributed by atoms with Crippen LogP contribution in [0.15, 0.2) is 43.0 Å². The molecule has 0 N–H and O–H groups in total. The maximum Gasteiger partial charge on any atom is 0.137 e. The van der Waals surface area contributed by atoms with Gasteiger partial charge in [0, 0.05) is 12.3 Å². The van der Waals surface area contributed by atoms with Gasteiger partial charge >= 0.3 is 0 Å². The summed E-state index contributed by atoms with van der Waals surface area (Å²) in [7, 11) is 0. The zero-order valence-electron chi connectivity index (χ0n) is 8.43. The average Bonchev–Trinajstić information content (AvgIpc) is 2.63. The lowest BCUT2D eigenvalue weighted by Crippen LogP contribution is -2.26. The van der Waals surface area contributed by atoms with Crippen LogP contribution in [-0.4, -0.2) is 21.5 Å². The van der Waals surface area contributed by atoms with Crippen molar-refractivity contribution in [2.45, 2.75) is 6.04 Å². The molecule has 0 radical (unpaired) electrons. The van der Waals surface area contributed by atoms with Crippen molar-refractivity contribution in [2.75, 3.05) is 12.3 Å². The lowest BCUT2D eigenvalue weighted by atomic mass is 10.1. The van der Waals surface area contributed by atoms with Crippen molar-refractivity contribution in [1.29, 1.82) is 0 Å². The molecule has 1 aromatic carbocycles. The summed E-state index contributed by atoms with van der Waals surface area (Å²) in [6, 6.07) is 10.9. The van der Waals surface area contributed by atoms with E-state index in [-0.39, 0.29) is 0 Å². The summed E-state index contributed by atoms with van der Waals surface area (Å²) in [5.41, 5.74) is 1.34. The van der Waals surface area contributed by atoms with Gasteiger partial charge < -0.3 is 4.90 Å². The van der Waals surface area contributed by atoms with Gasteiger partial charge in [-0.1, -0.05) is 60.4 Å². The van der Waals surface area contributed by atoms with E-state index in [0.29, 0.717) is 6.04 Å². The number of thiocarbonyl (C=S) groups is 1. The van der Waals surface area contributed by atoms with E-state index in [1.165, 1.54) is 5.56 Å². The normalized spacial score (nSPS) is 20.7. The lowest BCUT2D eigenvalue weighted by Gasteiger charge is -2.24. The third-order valence-corrected chi connectivity index (χ3v) is 4.04. The molecule has 1 aliphatic rings. The minimum atomic E-state index is 0.418. The maximum absolute atomic E-state index is 5.32. The summed E-state index contributed by atoms with van der Waals surface area (Å²) in [6.45, 7) is 4.61. The Hall–Kier alpha value is -0.800. The van der Waals surface area contributed by atoms with Gasteiger partial charge in [0.2, 0.25) is 0 Å². The number of hydrogen-bond acceptors (Lipinski definition) is 2. The first-order valence-electron chi connectivity index (χ1n) is 4.92. The molecule has 1 fully saturated rings. The van der Waals surface area contributed by atoms with Crippen LogP contribution in [0.1, 0.15) is 11.6 Å². The van der Waals surface area contributed by atoms with E-state index in [1.807, 2.05) is 12.1 Å². The maximum atomic E-state index is 5.32. The summed E-state index contributed by atoms with van der Waals surface area (Å²) in [5, 5.41) is 0. The van der Waals surface area contributed by atoms with Crippen molar-refractivity contribution in [3.63, 3.8) is 0 Å². The zero-order valence-corrected chi connectivity index (χ0v) is 10.1. The number of benzene rings is 1. The van der Waals surface area contributed by atoms with Crippen LogP contribution in [0.2, 0.25) is 0 Å². The minimum absolute atomic E-state index is 0.418. The third kappa shape index (κ3) is 2.24. The number of thioether (sulfide) groups is 1. The van der Waals surface area contributed by atoms with Crippen LogP contribution in [-0.2, 0) is 0 Å². The highest BCUT2D eigenvalue weighted by Gasteiger charge is 2.28. The molecule has 1 atom stereocenters. The quantitative estimate of drug-likeness (QED) is 0.585. The van der Waals surface area contributed by atoms with Gasteiger partial charge in [0.15, 0.2) is 0 Å². The Morgan fingerprint density at radius 2 is 2.20 bits per heavy atom. The summed E-state index contributed by atoms with van der Waals surface area (Å²) in [5.74, 6) is 1.05. The van der Waals surface area contributed by atoms with Crippen LogP contribution in [0.4, 0.5) is 0 Å². The van der Waals surface area contributed by atoms with E-state index in [0.717, 1.165) is 16.6 Å². The van der Waals surface area contributed by atoms with Crippen molar-refractivity contribution in [3.05, 3.63) is 48.6 Å². The van der Waals surface area contributed by atoms with Crippen molar-refractivity contribution < 1.29 is 0 Å². The second-order valence-corrected chi connectivity index (χ2v) is 5.10. The Morgan fingerprint density at radius 3 is 2.87 bits per heavy atom. The number of nitrogens with zero attached hydrogens (tertiary/aromatic N) is 1. The standard InChI is InChI=1S/C12H13NS2/c1-2-8-13-11(9-15-12(13)14)10-6-4-3-5-7-10/h2-7,11H,1,8-9H2. The highest BCUT2D eigenvalue weighted by molar-refractivity contribution is 8.23. The molecule has 78 valence electrons. The molecule has 0 saturated carbocycles. The predicted octanol–water partition coefficient (Wildman–Crippen LogP) is 3.25. The Bertz CT molecular complexity index is 361. The largest absolute Gasteiger partial charge is 0.346 e. The summed E-state index contributed by atoms with van der Waals surface area (Å²) in [6.07, 6.45) is 1.91. The third-order valence-electron chi connectivity index (χ3n) is 2.49. The Labute approximate surface area is 100 Å². The summed E-state index contributed by atoms with van der Waals surface area (Å²) >= 11 is 7.08. The summed E-state index contributed by atoms with van der Waals surface area (Å²) in [4.78, 5) is 2.24. The molecule has 1 unspecified atom stereocenters. The van der Waals surface area contributed by atoms with E-state index >= 15 is 0 Å². The fraction of sp³-hybridized carbons (Fsp3) is 0.250. The van der Waals surface area contributed by atoms with Crippen LogP contribution in [0.3, 0.4) is 0 Å². The van der Waals surface area contributed by atoms with Gasteiger partial charge in [-0.3, -0.25) is 0 Å². The van der Waals surface area contributed by atoms with Gasteiger partial charge in [-0.2, -0.15) is 0 Å². The van der Waals surface area contributed by atoms with Gasteiger partial charge in [-0.25, -0.2) is 0 Å².